The summed E-state index contributed by atoms with van der Waals surface area (Å²) in [5.74, 6) is 0. The molecular weight excluding hydrogens is 236 g/mol. The zero-order chi connectivity index (χ0) is 12.9. The molecule has 0 bridgehead atoms. The average molecular weight is 256 g/mol. The Bertz CT molecular complexity index is 457. The molecule has 0 saturated carbocycles. The second kappa shape index (κ2) is 6.14. The summed E-state index contributed by atoms with van der Waals surface area (Å²) < 4.78 is 26.0. The van der Waals surface area contributed by atoms with Gasteiger partial charge in [-0.3, -0.25) is 0 Å². The van der Waals surface area contributed by atoms with E-state index in [0.29, 0.717) is 11.3 Å². The molecule has 1 aromatic carbocycles. The molecule has 0 aromatic heterocycles. The summed E-state index contributed by atoms with van der Waals surface area (Å²) in [5.41, 5.74) is 0.843. The summed E-state index contributed by atoms with van der Waals surface area (Å²) in [6, 6.07) is 7.36. The number of hydrogen-bond acceptors (Lipinski definition) is 3. The topological polar surface area (TPSA) is 58.2 Å². The second-order valence-electron chi connectivity index (χ2n) is 3.98. The molecule has 0 heterocycles. The molecule has 1 unspecified atom stereocenters. The molecule has 0 fully saturated rings. The maximum atomic E-state index is 11.8. The molecule has 0 aliphatic rings. The van der Waals surface area contributed by atoms with Crippen molar-refractivity contribution in [1.29, 1.82) is 0 Å². The number of rotatable bonds is 6. The molecule has 0 aliphatic carbocycles. The van der Waals surface area contributed by atoms with Crippen molar-refractivity contribution >= 4 is 10.0 Å². The van der Waals surface area contributed by atoms with Crippen molar-refractivity contribution in [1.82, 2.24) is 10.0 Å². The summed E-state index contributed by atoms with van der Waals surface area (Å²) in [7, 11) is -1.94. The fraction of sp³-hybridized carbons (Fsp3) is 0.500. The van der Waals surface area contributed by atoms with E-state index >= 15 is 0 Å². The first kappa shape index (κ1) is 14.2. The molecule has 17 heavy (non-hydrogen) atoms. The quantitative estimate of drug-likeness (QED) is 0.802. The third kappa shape index (κ3) is 3.80. The molecular formula is C12H20N2O2S. The summed E-state index contributed by atoms with van der Waals surface area (Å²) in [6.45, 7) is 4.96. The Labute approximate surface area is 103 Å². The van der Waals surface area contributed by atoms with Crippen molar-refractivity contribution in [3.8, 4) is 0 Å². The normalized spacial score (nSPS) is 13.6. The number of sulfonamides is 1. The lowest BCUT2D eigenvalue weighted by molar-refractivity contribution is 0.557. The molecule has 0 saturated heterocycles. The molecule has 96 valence electrons. The van der Waals surface area contributed by atoms with Gasteiger partial charge in [0.05, 0.1) is 4.90 Å². The average Bonchev–Trinajstić information content (AvgIpc) is 2.30. The zero-order valence-corrected chi connectivity index (χ0v) is 11.3. The molecule has 1 aromatic rings. The number of hydrogen-bond donors (Lipinski definition) is 2. The van der Waals surface area contributed by atoms with Crippen molar-refractivity contribution < 1.29 is 8.42 Å². The molecule has 0 aliphatic heterocycles. The molecule has 0 amide bonds. The molecule has 2 N–H and O–H groups in total. The van der Waals surface area contributed by atoms with Crippen LogP contribution in [-0.2, 0) is 16.4 Å². The lowest BCUT2D eigenvalue weighted by atomic mass is 10.1. The van der Waals surface area contributed by atoms with Crippen LogP contribution < -0.4 is 10.0 Å². The van der Waals surface area contributed by atoms with Gasteiger partial charge in [-0.15, -0.1) is 0 Å². The Balaban J connectivity index is 3.01. The number of nitrogens with one attached hydrogen (secondary N) is 2. The van der Waals surface area contributed by atoms with Gasteiger partial charge in [0.25, 0.3) is 0 Å². The Morgan fingerprint density at radius 3 is 2.53 bits per heavy atom. The van der Waals surface area contributed by atoms with Crippen LogP contribution in [0, 0.1) is 0 Å². The van der Waals surface area contributed by atoms with E-state index in [1.54, 1.807) is 12.1 Å². The fourth-order valence-corrected chi connectivity index (χ4v) is 2.77. The van der Waals surface area contributed by atoms with Gasteiger partial charge < -0.3 is 5.32 Å². The van der Waals surface area contributed by atoms with Crippen molar-refractivity contribution in [3.05, 3.63) is 29.8 Å². The first-order chi connectivity index (χ1) is 8.01. The summed E-state index contributed by atoms with van der Waals surface area (Å²) in [5, 5.41) is 3.28. The van der Waals surface area contributed by atoms with E-state index in [-0.39, 0.29) is 6.04 Å². The van der Waals surface area contributed by atoms with Crippen molar-refractivity contribution in [3.63, 3.8) is 0 Å². The Morgan fingerprint density at radius 1 is 1.29 bits per heavy atom. The fourth-order valence-electron chi connectivity index (χ4n) is 1.80. The lowest BCUT2D eigenvalue weighted by Crippen LogP contribution is -2.29. The summed E-state index contributed by atoms with van der Waals surface area (Å²) in [4.78, 5) is 0.368. The van der Waals surface area contributed by atoms with E-state index in [9.17, 15) is 8.42 Å². The van der Waals surface area contributed by atoms with Crippen LogP contribution in [-0.4, -0.2) is 28.1 Å². The first-order valence-electron chi connectivity index (χ1n) is 5.76. The van der Waals surface area contributed by atoms with Crippen LogP contribution in [0.25, 0.3) is 0 Å². The lowest BCUT2D eigenvalue weighted by Gasteiger charge is -2.15. The van der Waals surface area contributed by atoms with Gasteiger partial charge in [-0.1, -0.05) is 25.1 Å². The minimum Gasteiger partial charge on any atom is -0.314 e. The van der Waals surface area contributed by atoms with Crippen LogP contribution in [0.5, 0.6) is 0 Å². The molecule has 0 spiro atoms. The van der Waals surface area contributed by atoms with E-state index in [0.717, 1.165) is 12.1 Å². The van der Waals surface area contributed by atoms with E-state index in [1.165, 1.54) is 7.05 Å². The smallest absolute Gasteiger partial charge is 0.240 e. The van der Waals surface area contributed by atoms with Gasteiger partial charge in [-0.25, -0.2) is 13.1 Å². The maximum absolute atomic E-state index is 11.8. The van der Waals surface area contributed by atoms with Gasteiger partial charge in [-0.2, -0.15) is 0 Å². The molecule has 1 rings (SSSR count). The van der Waals surface area contributed by atoms with E-state index < -0.39 is 10.0 Å². The highest BCUT2D eigenvalue weighted by molar-refractivity contribution is 7.89. The standard InChI is InChI=1S/C12H20N2O2S/c1-4-14-10(2)9-11-7-5-6-8-12(11)17(15,16)13-3/h5-8,10,13-14H,4,9H2,1-3H3. The molecule has 5 heteroatoms. The monoisotopic (exact) mass is 256 g/mol. The van der Waals surface area contributed by atoms with Gasteiger partial charge in [0.15, 0.2) is 0 Å². The third-order valence-corrected chi connectivity index (χ3v) is 4.12. The first-order valence-corrected chi connectivity index (χ1v) is 7.24. The number of likely N-dealkylation sites (N-methyl/N-ethyl adjacent to an activating group) is 1. The second-order valence-corrected chi connectivity index (χ2v) is 5.83. The van der Waals surface area contributed by atoms with E-state index in [1.807, 2.05) is 26.0 Å². The highest BCUT2D eigenvalue weighted by Crippen LogP contribution is 2.16. The molecule has 0 radical (unpaired) electrons. The van der Waals surface area contributed by atoms with Gasteiger partial charge >= 0.3 is 0 Å². The summed E-state index contributed by atoms with van der Waals surface area (Å²) in [6.07, 6.45) is 0.699. The molecule has 4 nitrogen and oxygen atoms in total. The van der Waals surface area contributed by atoms with Crippen LogP contribution in [0.3, 0.4) is 0 Å². The van der Waals surface area contributed by atoms with Crippen molar-refractivity contribution in [2.75, 3.05) is 13.6 Å². The van der Waals surface area contributed by atoms with Crippen LogP contribution >= 0.6 is 0 Å². The Kier molecular flexibility index (Phi) is 5.11. The Morgan fingerprint density at radius 2 is 1.94 bits per heavy atom. The van der Waals surface area contributed by atoms with Crippen molar-refractivity contribution in [2.45, 2.75) is 31.2 Å². The molecule has 1 atom stereocenters. The van der Waals surface area contributed by atoms with E-state index in [4.69, 9.17) is 0 Å². The third-order valence-electron chi connectivity index (χ3n) is 2.61. The maximum Gasteiger partial charge on any atom is 0.240 e. The SMILES string of the molecule is CCNC(C)Cc1ccccc1S(=O)(=O)NC. The van der Waals surface area contributed by atoms with Crippen molar-refractivity contribution in [2.24, 2.45) is 0 Å². The zero-order valence-electron chi connectivity index (χ0n) is 10.5. The highest BCUT2D eigenvalue weighted by Gasteiger charge is 2.16. The number of benzene rings is 1. The predicted octanol–water partition coefficient (Wildman–Crippen LogP) is 1.14. The minimum atomic E-state index is -3.37. The van der Waals surface area contributed by atoms with Gasteiger partial charge in [-0.05, 0) is 38.6 Å². The predicted molar refractivity (Wildman–Crippen MR) is 69.5 cm³/mol. The minimum absolute atomic E-state index is 0.258. The van der Waals surface area contributed by atoms with Gasteiger partial charge in [0, 0.05) is 6.04 Å². The van der Waals surface area contributed by atoms with Gasteiger partial charge in [0.1, 0.15) is 0 Å². The van der Waals surface area contributed by atoms with Crippen LogP contribution in [0.15, 0.2) is 29.2 Å². The van der Waals surface area contributed by atoms with Crippen LogP contribution in [0.4, 0.5) is 0 Å². The van der Waals surface area contributed by atoms with Gasteiger partial charge in [0.2, 0.25) is 10.0 Å². The largest absolute Gasteiger partial charge is 0.314 e. The highest BCUT2D eigenvalue weighted by atomic mass is 32.2. The van der Waals surface area contributed by atoms with Crippen LogP contribution in [0.1, 0.15) is 19.4 Å². The summed E-state index contributed by atoms with van der Waals surface area (Å²) >= 11 is 0. The van der Waals surface area contributed by atoms with E-state index in [2.05, 4.69) is 10.0 Å². The van der Waals surface area contributed by atoms with Crippen LogP contribution in [0.2, 0.25) is 0 Å². The Hall–Kier alpha value is -0.910.